The van der Waals surface area contributed by atoms with Crippen molar-refractivity contribution in [2.75, 3.05) is 6.61 Å². The number of aliphatic hydroxyl groups is 1. The maximum absolute atomic E-state index is 10.2. The number of rotatable bonds is 7. The van der Waals surface area contributed by atoms with Crippen LogP contribution in [0.2, 0.25) is 5.04 Å². The molecule has 0 heterocycles. The molecule has 0 aliphatic rings. The summed E-state index contributed by atoms with van der Waals surface area (Å²) in [6.07, 6.45) is 0.348. The van der Waals surface area contributed by atoms with Gasteiger partial charge in [0.05, 0.1) is 6.10 Å². The zero-order valence-corrected chi connectivity index (χ0v) is 17.2. The standard InChI is InChI=1S/C22H32O2Si/c1-18(2)21(23)16-17-24-25(22(3,4)5,19-12-8-6-9-13-19)20-14-10-7-11-15-20/h6-15,18,21,23H,16-17H2,1-5H3. The summed E-state index contributed by atoms with van der Waals surface area (Å²) in [4.78, 5) is 0. The molecule has 0 aliphatic heterocycles. The Hall–Kier alpha value is -1.42. The van der Waals surface area contributed by atoms with Gasteiger partial charge in [0.2, 0.25) is 0 Å². The lowest BCUT2D eigenvalue weighted by molar-refractivity contribution is 0.0957. The fourth-order valence-electron chi connectivity index (χ4n) is 3.43. The summed E-state index contributed by atoms with van der Waals surface area (Å²) in [6, 6.07) is 21.3. The molecule has 0 saturated carbocycles. The van der Waals surface area contributed by atoms with Gasteiger partial charge in [0, 0.05) is 6.61 Å². The lowest BCUT2D eigenvalue weighted by Gasteiger charge is -2.43. The molecule has 25 heavy (non-hydrogen) atoms. The fourth-order valence-corrected chi connectivity index (χ4v) is 8.01. The lowest BCUT2D eigenvalue weighted by atomic mass is 10.1. The van der Waals surface area contributed by atoms with Crippen molar-refractivity contribution >= 4 is 18.7 Å². The summed E-state index contributed by atoms with van der Waals surface area (Å²) >= 11 is 0. The van der Waals surface area contributed by atoms with E-state index < -0.39 is 8.32 Å². The molecule has 2 rings (SSSR count). The van der Waals surface area contributed by atoms with E-state index in [1.165, 1.54) is 10.4 Å². The van der Waals surface area contributed by atoms with Crippen LogP contribution in [-0.2, 0) is 4.43 Å². The van der Waals surface area contributed by atoms with Crippen molar-refractivity contribution in [1.82, 2.24) is 0 Å². The largest absolute Gasteiger partial charge is 0.407 e. The van der Waals surface area contributed by atoms with Gasteiger partial charge in [0.15, 0.2) is 0 Å². The molecule has 0 amide bonds. The van der Waals surface area contributed by atoms with Crippen LogP contribution in [0.25, 0.3) is 0 Å². The predicted octanol–water partition coefficient (Wildman–Crippen LogP) is 3.97. The quantitative estimate of drug-likeness (QED) is 0.761. The molecule has 0 radical (unpaired) electrons. The van der Waals surface area contributed by atoms with Crippen molar-refractivity contribution in [2.24, 2.45) is 5.92 Å². The van der Waals surface area contributed by atoms with Crippen LogP contribution in [0.3, 0.4) is 0 Å². The van der Waals surface area contributed by atoms with Gasteiger partial charge in [-0.25, -0.2) is 0 Å². The topological polar surface area (TPSA) is 29.5 Å². The van der Waals surface area contributed by atoms with Crippen molar-refractivity contribution < 1.29 is 9.53 Å². The predicted molar refractivity (Wildman–Crippen MR) is 109 cm³/mol. The first kappa shape index (κ1) is 19.9. The average molecular weight is 357 g/mol. The third-order valence-corrected chi connectivity index (χ3v) is 9.96. The smallest absolute Gasteiger partial charge is 0.261 e. The van der Waals surface area contributed by atoms with Gasteiger partial charge in [-0.15, -0.1) is 0 Å². The van der Waals surface area contributed by atoms with E-state index in [2.05, 4.69) is 81.4 Å². The highest BCUT2D eigenvalue weighted by Crippen LogP contribution is 2.36. The van der Waals surface area contributed by atoms with Gasteiger partial charge in [-0.2, -0.15) is 0 Å². The maximum Gasteiger partial charge on any atom is 0.261 e. The Morgan fingerprint density at radius 1 is 0.880 bits per heavy atom. The van der Waals surface area contributed by atoms with E-state index in [4.69, 9.17) is 4.43 Å². The molecular formula is C22H32O2Si. The Balaban J connectivity index is 2.46. The van der Waals surface area contributed by atoms with E-state index in [0.29, 0.717) is 13.0 Å². The molecule has 0 saturated heterocycles. The molecule has 0 fully saturated rings. The minimum absolute atomic E-state index is 0.0154. The second-order valence-corrected chi connectivity index (χ2v) is 12.4. The summed E-state index contributed by atoms with van der Waals surface area (Å²) in [6.45, 7) is 11.5. The van der Waals surface area contributed by atoms with Crippen molar-refractivity contribution in [3.8, 4) is 0 Å². The van der Waals surface area contributed by atoms with Gasteiger partial charge in [-0.1, -0.05) is 95.3 Å². The zero-order chi connectivity index (χ0) is 18.5. The van der Waals surface area contributed by atoms with Crippen molar-refractivity contribution in [3.63, 3.8) is 0 Å². The van der Waals surface area contributed by atoms with Gasteiger partial charge in [-0.3, -0.25) is 0 Å². The number of hydrogen-bond donors (Lipinski definition) is 1. The molecule has 0 spiro atoms. The molecule has 2 aromatic rings. The normalized spacial score (nSPS) is 13.9. The monoisotopic (exact) mass is 356 g/mol. The third-order valence-electron chi connectivity index (χ3n) is 4.92. The number of benzene rings is 2. The Kier molecular flexibility index (Phi) is 6.61. The molecule has 136 valence electrons. The first-order valence-corrected chi connectivity index (χ1v) is 11.1. The number of hydrogen-bond acceptors (Lipinski definition) is 2. The summed E-state index contributed by atoms with van der Waals surface area (Å²) in [7, 11) is -2.46. The van der Waals surface area contributed by atoms with E-state index >= 15 is 0 Å². The minimum atomic E-state index is -2.46. The van der Waals surface area contributed by atoms with Crippen LogP contribution in [0.15, 0.2) is 60.7 Å². The highest BCUT2D eigenvalue weighted by atomic mass is 28.4. The Morgan fingerprint density at radius 2 is 1.32 bits per heavy atom. The Labute approximate surface area is 154 Å². The van der Waals surface area contributed by atoms with Crippen LogP contribution in [-0.4, -0.2) is 26.1 Å². The molecule has 0 aromatic heterocycles. The molecule has 1 N–H and O–H groups in total. The first-order chi connectivity index (χ1) is 11.8. The van der Waals surface area contributed by atoms with E-state index in [9.17, 15) is 5.11 Å². The third kappa shape index (κ3) is 4.41. The summed E-state index contributed by atoms with van der Waals surface area (Å²) < 4.78 is 6.77. The molecule has 2 nitrogen and oxygen atoms in total. The molecule has 2 aromatic carbocycles. The van der Waals surface area contributed by atoms with E-state index in [1.807, 2.05) is 13.8 Å². The highest BCUT2D eigenvalue weighted by molar-refractivity contribution is 6.99. The summed E-state index contributed by atoms with van der Waals surface area (Å²) in [5.74, 6) is 0.253. The van der Waals surface area contributed by atoms with Crippen molar-refractivity contribution in [2.45, 2.75) is 52.2 Å². The van der Waals surface area contributed by atoms with Crippen LogP contribution in [0.4, 0.5) is 0 Å². The summed E-state index contributed by atoms with van der Waals surface area (Å²) in [5.41, 5.74) is 0. The van der Waals surface area contributed by atoms with Gasteiger partial charge < -0.3 is 9.53 Å². The van der Waals surface area contributed by atoms with E-state index in [1.54, 1.807) is 0 Å². The minimum Gasteiger partial charge on any atom is -0.407 e. The zero-order valence-electron chi connectivity index (χ0n) is 16.2. The average Bonchev–Trinajstić information content (AvgIpc) is 2.59. The number of aliphatic hydroxyl groups excluding tert-OH is 1. The molecule has 0 bridgehead atoms. The Morgan fingerprint density at radius 3 is 1.68 bits per heavy atom. The van der Waals surface area contributed by atoms with E-state index in [-0.39, 0.29) is 17.1 Å². The Bertz CT molecular complexity index is 593. The maximum atomic E-state index is 10.2. The second-order valence-electron chi connectivity index (χ2n) is 8.11. The first-order valence-electron chi connectivity index (χ1n) is 9.22. The molecule has 0 aliphatic carbocycles. The second kappa shape index (κ2) is 8.30. The molecule has 1 unspecified atom stereocenters. The summed E-state index contributed by atoms with van der Waals surface area (Å²) in [5, 5.41) is 12.8. The van der Waals surface area contributed by atoms with Crippen molar-refractivity contribution in [3.05, 3.63) is 60.7 Å². The van der Waals surface area contributed by atoms with Crippen LogP contribution in [0.1, 0.15) is 41.0 Å². The van der Waals surface area contributed by atoms with Crippen LogP contribution in [0.5, 0.6) is 0 Å². The van der Waals surface area contributed by atoms with Crippen molar-refractivity contribution in [1.29, 1.82) is 0 Å². The van der Waals surface area contributed by atoms with Gasteiger partial charge >= 0.3 is 0 Å². The molecule has 1 atom stereocenters. The van der Waals surface area contributed by atoms with E-state index in [0.717, 1.165) is 0 Å². The highest BCUT2D eigenvalue weighted by Gasteiger charge is 2.50. The fraction of sp³-hybridized carbons (Fsp3) is 0.455. The van der Waals surface area contributed by atoms with Gasteiger partial charge in [0.25, 0.3) is 8.32 Å². The van der Waals surface area contributed by atoms with Gasteiger partial charge in [0.1, 0.15) is 0 Å². The van der Waals surface area contributed by atoms with Crippen LogP contribution >= 0.6 is 0 Å². The lowest BCUT2D eigenvalue weighted by Crippen LogP contribution is -2.66. The van der Waals surface area contributed by atoms with Gasteiger partial charge in [-0.05, 0) is 27.8 Å². The SMILES string of the molecule is CC(C)C(O)CCO[Si](c1ccccc1)(c1ccccc1)C(C)(C)C. The molecular weight excluding hydrogens is 324 g/mol. The van der Waals surface area contributed by atoms with Crippen LogP contribution in [0, 0.1) is 5.92 Å². The molecule has 3 heteroatoms. The van der Waals surface area contributed by atoms with Crippen LogP contribution < -0.4 is 10.4 Å².